The molecule has 0 spiro atoms. The van der Waals surface area contributed by atoms with E-state index in [4.69, 9.17) is 0 Å². The molecule has 1 fully saturated rings. The minimum atomic E-state index is -0.323. The molecule has 2 heteroatoms. The molecule has 0 aliphatic heterocycles. The summed E-state index contributed by atoms with van der Waals surface area (Å²) in [6.45, 7) is 11.2. The maximum atomic E-state index is 10.8. The van der Waals surface area contributed by atoms with E-state index in [0.29, 0.717) is 5.92 Å². The van der Waals surface area contributed by atoms with Crippen LogP contribution in [0.25, 0.3) is 0 Å². The molecule has 0 aromatic rings. The van der Waals surface area contributed by atoms with Crippen molar-refractivity contribution < 1.29 is 10.2 Å². The molecule has 0 bridgehead atoms. The van der Waals surface area contributed by atoms with E-state index < -0.39 is 0 Å². The van der Waals surface area contributed by atoms with Crippen molar-refractivity contribution in [2.24, 2.45) is 22.2 Å². The standard InChI is InChI=1S/C20H32O2/c1-5-18(2)10-7-15-14(12-18)16(22)11-17-19(3,13-21)8-6-9-20(15,17)4/h5,16-17,21-22H,1,6-13H2,2-4H3/t16-,17+,18+,19+,20-/m1/s1. The van der Waals surface area contributed by atoms with Crippen LogP contribution in [0.4, 0.5) is 0 Å². The third-order valence-electron chi connectivity index (χ3n) is 7.39. The zero-order valence-corrected chi connectivity index (χ0v) is 14.5. The Hall–Kier alpha value is -0.600. The van der Waals surface area contributed by atoms with Gasteiger partial charge in [0.2, 0.25) is 0 Å². The van der Waals surface area contributed by atoms with Gasteiger partial charge >= 0.3 is 0 Å². The molecular weight excluding hydrogens is 272 g/mol. The number of aliphatic hydroxyl groups excluding tert-OH is 2. The van der Waals surface area contributed by atoms with Crippen LogP contribution in [0.2, 0.25) is 0 Å². The fourth-order valence-corrected chi connectivity index (χ4v) is 5.78. The van der Waals surface area contributed by atoms with Crippen LogP contribution in [0, 0.1) is 22.2 Å². The third-order valence-corrected chi connectivity index (χ3v) is 7.39. The monoisotopic (exact) mass is 304 g/mol. The zero-order valence-electron chi connectivity index (χ0n) is 14.5. The van der Waals surface area contributed by atoms with E-state index in [0.717, 1.165) is 32.1 Å². The first kappa shape index (κ1) is 16.3. The molecule has 1 saturated carbocycles. The fourth-order valence-electron chi connectivity index (χ4n) is 5.78. The summed E-state index contributed by atoms with van der Waals surface area (Å²) in [7, 11) is 0. The first-order valence-corrected chi connectivity index (χ1v) is 8.93. The lowest BCUT2D eigenvalue weighted by Gasteiger charge is -2.58. The molecule has 3 rings (SSSR count). The smallest absolute Gasteiger partial charge is 0.0756 e. The normalized spacial score (nSPS) is 48.6. The van der Waals surface area contributed by atoms with Gasteiger partial charge in [0, 0.05) is 6.61 Å². The summed E-state index contributed by atoms with van der Waals surface area (Å²) in [4.78, 5) is 0. The second-order valence-electron chi connectivity index (χ2n) is 8.93. The molecule has 124 valence electrons. The van der Waals surface area contributed by atoms with E-state index in [-0.39, 0.29) is 29.0 Å². The first-order chi connectivity index (χ1) is 10.3. The highest BCUT2D eigenvalue weighted by Gasteiger charge is 2.55. The van der Waals surface area contributed by atoms with Crippen molar-refractivity contribution in [2.75, 3.05) is 6.61 Å². The summed E-state index contributed by atoms with van der Waals surface area (Å²) < 4.78 is 0. The highest BCUT2D eigenvalue weighted by Crippen LogP contribution is 2.62. The van der Waals surface area contributed by atoms with E-state index in [9.17, 15) is 10.2 Å². The van der Waals surface area contributed by atoms with Crippen molar-refractivity contribution in [1.29, 1.82) is 0 Å². The Labute approximate surface area is 135 Å². The Balaban J connectivity index is 2.04. The molecule has 3 aliphatic rings. The summed E-state index contributed by atoms with van der Waals surface area (Å²) in [5.41, 5.74) is 3.10. The molecule has 2 nitrogen and oxygen atoms in total. The number of hydrogen-bond donors (Lipinski definition) is 2. The molecule has 2 N–H and O–H groups in total. The summed E-state index contributed by atoms with van der Waals surface area (Å²) in [5, 5.41) is 20.8. The van der Waals surface area contributed by atoms with Crippen LogP contribution in [0.5, 0.6) is 0 Å². The van der Waals surface area contributed by atoms with Crippen molar-refractivity contribution in [3.63, 3.8) is 0 Å². The average Bonchev–Trinajstić information content (AvgIpc) is 2.50. The van der Waals surface area contributed by atoms with Crippen LogP contribution in [0.1, 0.15) is 65.7 Å². The third kappa shape index (κ3) is 2.22. The van der Waals surface area contributed by atoms with Crippen molar-refractivity contribution in [3.8, 4) is 0 Å². The van der Waals surface area contributed by atoms with Crippen molar-refractivity contribution in [3.05, 3.63) is 23.8 Å². The van der Waals surface area contributed by atoms with Gasteiger partial charge in [-0.25, -0.2) is 0 Å². The molecule has 0 aromatic carbocycles. The number of aliphatic hydroxyl groups is 2. The highest BCUT2D eigenvalue weighted by atomic mass is 16.3. The Morgan fingerprint density at radius 1 is 1.23 bits per heavy atom. The molecular formula is C20H32O2. The number of allylic oxidation sites excluding steroid dienone is 2. The lowest BCUT2D eigenvalue weighted by Crippen LogP contribution is -2.52. The number of rotatable bonds is 2. The zero-order chi connectivity index (χ0) is 16.2. The van der Waals surface area contributed by atoms with Crippen molar-refractivity contribution in [2.45, 2.75) is 71.8 Å². The SMILES string of the molecule is C=C[C@@]1(C)CCC2=C(C1)[C@H](O)C[C@H]1[C@](C)(CO)CCC[C@]21C. The Kier molecular flexibility index (Phi) is 3.85. The summed E-state index contributed by atoms with van der Waals surface area (Å²) in [6, 6.07) is 0. The lowest BCUT2D eigenvalue weighted by atomic mass is 9.47. The number of hydrogen-bond acceptors (Lipinski definition) is 2. The minimum Gasteiger partial charge on any atom is -0.396 e. The molecule has 0 unspecified atom stereocenters. The molecule has 0 saturated heterocycles. The Morgan fingerprint density at radius 2 is 1.95 bits per heavy atom. The van der Waals surface area contributed by atoms with Crippen molar-refractivity contribution in [1.82, 2.24) is 0 Å². The van der Waals surface area contributed by atoms with Crippen molar-refractivity contribution >= 4 is 0 Å². The van der Waals surface area contributed by atoms with Gasteiger partial charge in [0.15, 0.2) is 0 Å². The van der Waals surface area contributed by atoms with Gasteiger partial charge in [-0.05, 0) is 66.3 Å². The van der Waals surface area contributed by atoms with Gasteiger partial charge < -0.3 is 10.2 Å². The largest absolute Gasteiger partial charge is 0.396 e. The minimum absolute atomic E-state index is 0.0360. The lowest BCUT2D eigenvalue weighted by molar-refractivity contribution is -0.0629. The van der Waals surface area contributed by atoms with Gasteiger partial charge in [-0.2, -0.15) is 0 Å². The summed E-state index contributed by atoms with van der Waals surface area (Å²) in [6.07, 6.45) is 9.25. The van der Waals surface area contributed by atoms with Crippen LogP contribution in [-0.4, -0.2) is 22.9 Å². The van der Waals surface area contributed by atoms with Crippen LogP contribution in [0.15, 0.2) is 23.8 Å². The first-order valence-electron chi connectivity index (χ1n) is 8.93. The molecule has 0 aromatic heterocycles. The van der Waals surface area contributed by atoms with Gasteiger partial charge in [-0.3, -0.25) is 0 Å². The van der Waals surface area contributed by atoms with Crippen LogP contribution in [0.3, 0.4) is 0 Å². The Morgan fingerprint density at radius 3 is 2.59 bits per heavy atom. The van der Waals surface area contributed by atoms with Crippen LogP contribution < -0.4 is 0 Å². The van der Waals surface area contributed by atoms with E-state index in [1.54, 1.807) is 0 Å². The maximum Gasteiger partial charge on any atom is 0.0756 e. The quantitative estimate of drug-likeness (QED) is 0.750. The molecule has 22 heavy (non-hydrogen) atoms. The Bertz CT molecular complexity index is 508. The predicted octanol–water partition coefficient (Wildman–Crippen LogP) is 4.23. The van der Waals surface area contributed by atoms with Gasteiger partial charge in [-0.15, -0.1) is 6.58 Å². The van der Waals surface area contributed by atoms with E-state index in [1.807, 2.05) is 0 Å². The summed E-state index contributed by atoms with van der Waals surface area (Å²) in [5.74, 6) is 0.403. The van der Waals surface area contributed by atoms with Crippen LogP contribution in [-0.2, 0) is 0 Å². The second kappa shape index (κ2) is 5.21. The van der Waals surface area contributed by atoms with Gasteiger partial charge in [-0.1, -0.05) is 38.8 Å². The van der Waals surface area contributed by atoms with E-state index in [2.05, 4.69) is 33.4 Å². The predicted molar refractivity (Wildman–Crippen MR) is 90.4 cm³/mol. The molecule has 3 aliphatic carbocycles. The topological polar surface area (TPSA) is 40.5 Å². The van der Waals surface area contributed by atoms with Crippen LogP contribution >= 0.6 is 0 Å². The average molecular weight is 304 g/mol. The maximum absolute atomic E-state index is 10.8. The molecule has 0 heterocycles. The van der Waals surface area contributed by atoms with E-state index >= 15 is 0 Å². The summed E-state index contributed by atoms with van der Waals surface area (Å²) >= 11 is 0. The second-order valence-corrected chi connectivity index (χ2v) is 8.93. The molecule has 0 radical (unpaired) electrons. The number of fused-ring (bicyclic) bond motifs is 2. The fraction of sp³-hybridized carbons (Fsp3) is 0.800. The van der Waals surface area contributed by atoms with E-state index in [1.165, 1.54) is 24.0 Å². The molecule has 5 atom stereocenters. The highest BCUT2D eigenvalue weighted by molar-refractivity contribution is 5.35. The van der Waals surface area contributed by atoms with Gasteiger partial charge in [0.25, 0.3) is 0 Å². The molecule has 0 amide bonds. The van der Waals surface area contributed by atoms with Gasteiger partial charge in [0.05, 0.1) is 6.10 Å². The van der Waals surface area contributed by atoms with Gasteiger partial charge in [0.1, 0.15) is 0 Å².